The van der Waals surface area contributed by atoms with Gasteiger partial charge in [-0.05, 0) is 72.6 Å². The lowest BCUT2D eigenvalue weighted by atomic mass is 10.0. The Labute approximate surface area is 141 Å². The first-order chi connectivity index (χ1) is 10.6. The van der Waals surface area contributed by atoms with Crippen LogP contribution in [-0.2, 0) is 4.74 Å². The lowest BCUT2D eigenvalue weighted by molar-refractivity contribution is 0.0506. The van der Waals surface area contributed by atoms with Crippen LogP contribution in [0.2, 0.25) is 0 Å². The molecule has 0 bridgehead atoms. The van der Waals surface area contributed by atoms with E-state index in [1.54, 1.807) is 0 Å². The van der Waals surface area contributed by atoms with Crippen LogP contribution in [0.4, 0.5) is 4.79 Å². The molecule has 1 rings (SSSR count). The van der Waals surface area contributed by atoms with Gasteiger partial charge in [-0.3, -0.25) is 0 Å². The zero-order valence-corrected chi connectivity index (χ0v) is 15.6. The van der Waals surface area contributed by atoms with E-state index in [1.807, 2.05) is 27.7 Å². The van der Waals surface area contributed by atoms with Crippen molar-refractivity contribution in [1.82, 2.24) is 10.6 Å². The first-order valence-electron chi connectivity index (χ1n) is 8.38. The van der Waals surface area contributed by atoms with Gasteiger partial charge in [0.2, 0.25) is 0 Å². The van der Waals surface area contributed by atoms with Crippen molar-refractivity contribution in [3.63, 3.8) is 0 Å². The van der Waals surface area contributed by atoms with Crippen molar-refractivity contribution in [1.29, 1.82) is 0 Å². The van der Waals surface area contributed by atoms with Crippen LogP contribution in [0.25, 0.3) is 0 Å². The van der Waals surface area contributed by atoms with Crippen LogP contribution in [0.1, 0.15) is 63.8 Å². The van der Waals surface area contributed by atoms with Crippen LogP contribution < -0.4 is 10.6 Å². The molecule has 23 heavy (non-hydrogen) atoms. The third-order valence-corrected chi connectivity index (χ3v) is 3.68. The zero-order chi connectivity index (χ0) is 17.6. The Balaban J connectivity index is 2.37. The second-order valence-electron chi connectivity index (χ2n) is 7.37. The summed E-state index contributed by atoms with van der Waals surface area (Å²) < 4.78 is 5.26. The van der Waals surface area contributed by atoms with Crippen molar-refractivity contribution in [2.24, 2.45) is 0 Å². The molecule has 0 radical (unpaired) electrons. The van der Waals surface area contributed by atoms with E-state index < -0.39 is 5.60 Å². The van der Waals surface area contributed by atoms with Gasteiger partial charge in [0.15, 0.2) is 0 Å². The van der Waals surface area contributed by atoms with Crippen molar-refractivity contribution >= 4 is 6.09 Å². The molecular formula is C19H32N2O2. The molecule has 0 aliphatic carbocycles. The summed E-state index contributed by atoms with van der Waals surface area (Å²) in [6.07, 6.45) is 0.501. The van der Waals surface area contributed by atoms with Crippen LogP contribution in [-0.4, -0.2) is 24.3 Å². The molecule has 4 nitrogen and oxygen atoms in total. The summed E-state index contributed by atoms with van der Waals surface area (Å²) in [6, 6.07) is 6.91. The molecule has 0 aromatic heterocycles. The lowest BCUT2D eigenvalue weighted by Gasteiger charge is -2.22. The topological polar surface area (TPSA) is 50.4 Å². The Bertz CT molecular complexity index is 521. The normalized spacial score (nSPS) is 14.2. The van der Waals surface area contributed by atoms with Gasteiger partial charge >= 0.3 is 6.09 Å². The van der Waals surface area contributed by atoms with Crippen molar-refractivity contribution in [2.75, 3.05) is 6.54 Å². The van der Waals surface area contributed by atoms with E-state index in [2.05, 4.69) is 49.6 Å². The summed E-state index contributed by atoms with van der Waals surface area (Å²) in [6.45, 7) is 14.9. The van der Waals surface area contributed by atoms with Gasteiger partial charge in [-0.2, -0.15) is 0 Å². The number of nitrogens with one attached hydrogen (secondary N) is 2. The molecule has 0 heterocycles. The third-order valence-electron chi connectivity index (χ3n) is 3.68. The maximum atomic E-state index is 11.7. The summed E-state index contributed by atoms with van der Waals surface area (Å²) in [7, 11) is 0. The molecule has 130 valence electrons. The van der Waals surface area contributed by atoms with Gasteiger partial charge in [0.25, 0.3) is 0 Å². The van der Waals surface area contributed by atoms with Crippen molar-refractivity contribution in [2.45, 2.75) is 72.6 Å². The van der Waals surface area contributed by atoms with Gasteiger partial charge in [-0.15, -0.1) is 0 Å². The molecule has 0 spiro atoms. The highest BCUT2D eigenvalue weighted by Crippen LogP contribution is 2.18. The minimum absolute atomic E-state index is 0.0728. The summed E-state index contributed by atoms with van der Waals surface area (Å²) in [4.78, 5) is 11.7. The standard InChI is InChI=1S/C19H32N2O2/c1-13-8-9-17(14(2)12-13)16(4)20-11-10-15(3)21-18(22)23-19(5,6)7/h8-9,12,15-16,20H,10-11H2,1-7H3,(H,21,22). The number of carbonyl (C=O) groups excluding carboxylic acids is 1. The highest BCUT2D eigenvalue weighted by Gasteiger charge is 2.17. The summed E-state index contributed by atoms with van der Waals surface area (Å²) in [5, 5.41) is 6.39. The fraction of sp³-hybridized carbons (Fsp3) is 0.632. The molecule has 0 saturated carbocycles. The number of ether oxygens (including phenoxy) is 1. The molecule has 0 saturated heterocycles. The molecular weight excluding hydrogens is 288 g/mol. The predicted molar refractivity (Wildman–Crippen MR) is 95.8 cm³/mol. The van der Waals surface area contributed by atoms with Gasteiger partial charge < -0.3 is 15.4 Å². The Hall–Kier alpha value is -1.55. The largest absolute Gasteiger partial charge is 0.444 e. The summed E-state index contributed by atoms with van der Waals surface area (Å²) in [5.74, 6) is 0. The van der Waals surface area contributed by atoms with Gasteiger partial charge in [0.1, 0.15) is 5.60 Å². The number of benzene rings is 1. The van der Waals surface area contributed by atoms with Gasteiger partial charge in [-0.25, -0.2) is 4.79 Å². The Morgan fingerprint density at radius 2 is 1.87 bits per heavy atom. The first-order valence-corrected chi connectivity index (χ1v) is 8.38. The molecule has 1 aromatic rings. The van der Waals surface area contributed by atoms with Crippen LogP contribution in [0, 0.1) is 13.8 Å². The third kappa shape index (κ3) is 7.51. The van der Waals surface area contributed by atoms with Crippen molar-refractivity contribution in [3.8, 4) is 0 Å². The molecule has 2 unspecified atom stereocenters. The number of alkyl carbamates (subject to hydrolysis) is 1. The van der Waals surface area contributed by atoms with E-state index in [-0.39, 0.29) is 12.1 Å². The molecule has 1 amide bonds. The summed E-state index contributed by atoms with van der Waals surface area (Å²) in [5.41, 5.74) is 3.46. The zero-order valence-electron chi connectivity index (χ0n) is 15.6. The van der Waals surface area contributed by atoms with Crippen LogP contribution in [0.3, 0.4) is 0 Å². The highest BCUT2D eigenvalue weighted by molar-refractivity contribution is 5.68. The maximum Gasteiger partial charge on any atom is 0.407 e. The lowest BCUT2D eigenvalue weighted by Crippen LogP contribution is -2.39. The SMILES string of the molecule is Cc1ccc(C(C)NCCC(C)NC(=O)OC(C)(C)C)c(C)c1. The smallest absolute Gasteiger partial charge is 0.407 e. The average molecular weight is 320 g/mol. The quantitative estimate of drug-likeness (QED) is 0.823. The van der Waals surface area contributed by atoms with E-state index in [0.717, 1.165) is 13.0 Å². The molecule has 2 N–H and O–H groups in total. The molecule has 2 atom stereocenters. The van der Waals surface area contributed by atoms with E-state index in [9.17, 15) is 4.79 Å². The number of rotatable bonds is 6. The van der Waals surface area contributed by atoms with E-state index in [1.165, 1.54) is 16.7 Å². The van der Waals surface area contributed by atoms with Crippen molar-refractivity contribution < 1.29 is 9.53 Å². The number of amides is 1. The molecule has 0 aliphatic rings. The van der Waals surface area contributed by atoms with Crippen LogP contribution in [0.5, 0.6) is 0 Å². The monoisotopic (exact) mass is 320 g/mol. The first kappa shape index (κ1) is 19.5. The van der Waals surface area contributed by atoms with Gasteiger partial charge in [0, 0.05) is 12.1 Å². The number of carbonyl (C=O) groups is 1. The van der Waals surface area contributed by atoms with E-state index in [4.69, 9.17) is 4.74 Å². The average Bonchev–Trinajstić information content (AvgIpc) is 2.35. The van der Waals surface area contributed by atoms with Gasteiger partial charge in [-0.1, -0.05) is 23.8 Å². The molecule has 0 aliphatic heterocycles. The minimum Gasteiger partial charge on any atom is -0.444 e. The van der Waals surface area contributed by atoms with Gasteiger partial charge in [0.05, 0.1) is 0 Å². The molecule has 1 aromatic carbocycles. The predicted octanol–water partition coefficient (Wildman–Crippen LogP) is 4.26. The highest BCUT2D eigenvalue weighted by atomic mass is 16.6. The van der Waals surface area contributed by atoms with Crippen LogP contribution in [0.15, 0.2) is 18.2 Å². The fourth-order valence-electron chi connectivity index (χ4n) is 2.52. The molecule has 0 fully saturated rings. The van der Waals surface area contributed by atoms with E-state index >= 15 is 0 Å². The van der Waals surface area contributed by atoms with E-state index in [0.29, 0.717) is 6.04 Å². The Morgan fingerprint density at radius 1 is 1.22 bits per heavy atom. The Morgan fingerprint density at radius 3 is 2.43 bits per heavy atom. The second kappa shape index (κ2) is 8.34. The number of hydrogen-bond donors (Lipinski definition) is 2. The fourth-order valence-corrected chi connectivity index (χ4v) is 2.52. The number of hydrogen-bond acceptors (Lipinski definition) is 3. The minimum atomic E-state index is -0.459. The maximum absolute atomic E-state index is 11.7. The summed E-state index contributed by atoms with van der Waals surface area (Å²) >= 11 is 0. The molecule has 4 heteroatoms. The Kier molecular flexibility index (Phi) is 7.07. The second-order valence-corrected chi connectivity index (χ2v) is 7.37. The van der Waals surface area contributed by atoms with Crippen molar-refractivity contribution in [3.05, 3.63) is 34.9 Å². The van der Waals surface area contributed by atoms with Crippen LogP contribution >= 0.6 is 0 Å². The number of aryl methyl sites for hydroxylation is 2.